The van der Waals surface area contributed by atoms with Gasteiger partial charge >= 0.3 is 0 Å². The molecule has 2 unspecified atom stereocenters. The number of nitrogens with two attached hydrogens (primary N) is 1. The van der Waals surface area contributed by atoms with Gasteiger partial charge in [0.15, 0.2) is 0 Å². The minimum Gasteiger partial charge on any atom is -0.338 e. The molecule has 1 rings (SSSR count). The zero-order chi connectivity index (χ0) is 13.9. The van der Waals surface area contributed by atoms with E-state index < -0.39 is 23.7 Å². The Hall–Kier alpha value is -1.49. The first-order chi connectivity index (χ1) is 8.38. The van der Waals surface area contributed by atoms with Crippen molar-refractivity contribution in [2.45, 2.75) is 32.4 Å². The molecule has 0 aromatic heterocycles. The largest absolute Gasteiger partial charge is 0.338 e. The van der Waals surface area contributed by atoms with Gasteiger partial charge in [-0.2, -0.15) is 0 Å². The first-order valence-electron chi connectivity index (χ1n) is 5.85. The van der Waals surface area contributed by atoms with E-state index in [0.717, 1.165) is 18.2 Å². The lowest BCUT2D eigenvalue weighted by atomic mass is 10.1. The maximum absolute atomic E-state index is 13.6. The zero-order valence-electron chi connectivity index (χ0n) is 10.8. The van der Waals surface area contributed by atoms with E-state index in [4.69, 9.17) is 5.73 Å². The molecule has 0 saturated carbocycles. The van der Waals surface area contributed by atoms with Crippen molar-refractivity contribution < 1.29 is 13.6 Å². The van der Waals surface area contributed by atoms with E-state index in [1.807, 2.05) is 0 Å². The Bertz CT molecular complexity index is 437. The van der Waals surface area contributed by atoms with Crippen molar-refractivity contribution in [1.82, 2.24) is 4.90 Å². The molecule has 0 aliphatic heterocycles. The van der Waals surface area contributed by atoms with Gasteiger partial charge in [0.1, 0.15) is 11.6 Å². The lowest BCUT2D eigenvalue weighted by Gasteiger charge is -2.27. The number of benzene rings is 1. The summed E-state index contributed by atoms with van der Waals surface area (Å²) in [5.41, 5.74) is 5.79. The van der Waals surface area contributed by atoms with Gasteiger partial charge in [-0.15, -0.1) is 0 Å². The number of amides is 1. The monoisotopic (exact) mass is 256 g/mol. The smallest absolute Gasteiger partial charge is 0.239 e. The zero-order valence-corrected chi connectivity index (χ0v) is 10.8. The molecule has 2 N–H and O–H groups in total. The van der Waals surface area contributed by atoms with Crippen molar-refractivity contribution in [3.05, 3.63) is 35.4 Å². The first-order valence-corrected chi connectivity index (χ1v) is 5.85. The van der Waals surface area contributed by atoms with Crippen LogP contribution in [0.2, 0.25) is 0 Å². The Labute approximate surface area is 106 Å². The van der Waals surface area contributed by atoms with Crippen LogP contribution in [0.4, 0.5) is 8.78 Å². The van der Waals surface area contributed by atoms with Crippen LogP contribution in [0, 0.1) is 11.6 Å². The molecular weight excluding hydrogens is 238 g/mol. The summed E-state index contributed by atoms with van der Waals surface area (Å²) in [5.74, 6) is -1.35. The van der Waals surface area contributed by atoms with Gasteiger partial charge in [-0.05, 0) is 31.5 Å². The fraction of sp³-hybridized carbons (Fsp3) is 0.462. The first kappa shape index (κ1) is 14.6. The lowest BCUT2D eigenvalue weighted by molar-refractivity contribution is -0.133. The predicted molar refractivity (Wildman–Crippen MR) is 65.8 cm³/mol. The minimum atomic E-state index is -0.617. The molecular formula is C13H18F2N2O. The van der Waals surface area contributed by atoms with Crippen molar-refractivity contribution in [3.8, 4) is 0 Å². The third-order valence-corrected chi connectivity index (χ3v) is 3.09. The Morgan fingerprint density at radius 2 is 2.06 bits per heavy atom. The van der Waals surface area contributed by atoms with Crippen molar-refractivity contribution in [3.63, 3.8) is 0 Å². The third kappa shape index (κ3) is 3.04. The molecule has 0 heterocycles. The highest BCUT2D eigenvalue weighted by Crippen LogP contribution is 2.23. The van der Waals surface area contributed by atoms with Gasteiger partial charge in [0.25, 0.3) is 0 Å². The molecule has 0 aliphatic carbocycles. The van der Waals surface area contributed by atoms with E-state index in [0.29, 0.717) is 6.42 Å². The summed E-state index contributed by atoms with van der Waals surface area (Å²) in [7, 11) is 1.53. The van der Waals surface area contributed by atoms with Crippen LogP contribution >= 0.6 is 0 Å². The summed E-state index contributed by atoms with van der Waals surface area (Å²) in [6.07, 6.45) is 0.502. The normalized spacial score (nSPS) is 14.1. The van der Waals surface area contributed by atoms with Crippen LogP contribution in [-0.4, -0.2) is 23.9 Å². The molecule has 18 heavy (non-hydrogen) atoms. The highest BCUT2D eigenvalue weighted by atomic mass is 19.1. The van der Waals surface area contributed by atoms with Crippen molar-refractivity contribution in [2.75, 3.05) is 7.05 Å². The molecule has 0 spiro atoms. The van der Waals surface area contributed by atoms with E-state index in [9.17, 15) is 13.6 Å². The van der Waals surface area contributed by atoms with E-state index in [-0.39, 0.29) is 11.5 Å². The number of hydrogen-bond acceptors (Lipinski definition) is 2. The molecule has 0 aliphatic rings. The van der Waals surface area contributed by atoms with Crippen LogP contribution in [0.15, 0.2) is 18.2 Å². The van der Waals surface area contributed by atoms with Crippen LogP contribution in [0.5, 0.6) is 0 Å². The standard InChI is InChI=1S/C13H18F2N2O/c1-4-12(16)13(18)17(3)8(2)10-7-9(14)5-6-11(10)15/h5-8,12H,4,16H2,1-3H3. The van der Waals surface area contributed by atoms with E-state index in [2.05, 4.69) is 0 Å². The van der Waals surface area contributed by atoms with Crippen molar-refractivity contribution in [1.29, 1.82) is 0 Å². The second-order valence-electron chi connectivity index (χ2n) is 4.31. The number of nitrogens with zero attached hydrogens (tertiary/aromatic N) is 1. The topological polar surface area (TPSA) is 46.3 Å². The Morgan fingerprint density at radius 1 is 1.44 bits per heavy atom. The Balaban J connectivity index is 2.96. The second-order valence-corrected chi connectivity index (χ2v) is 4.31. The summed E-state index contributed by atoms with van der Waals surface area (Å²) >= 11 is 0. The Kier molecular flexibility index (Phi) is 4.78. The lowest BCUT2D eigenvalue weighted by Crippen LogP contribution is -2.42. The summed E-state index contributed by atoms with van der Waals surface area (Å²) < 4.78 is 26.7. The number of halogens is 2. The Morgan fingerprint density at radius 3 is 2.61 bits per heavy atom. The fourth-order valence-corrected chi connectivity index (χ4v) is 1.67. The van der Waals surface area contributed by atoms with E-state index >= 15 is 0 Å². The highest BCUT2D eigenvalue weighted by molar-refractivity contribution is 5.81. The van der Waals surface area contributed by atoms with Crippen LogP contribution in [0.25, 0.3) is 0 Å². The van der Waals surface area contributed by atoms with Gasteiger partial charge in [-0.25, -0.2) is 8.78 Å². The maximum atomic E-state index is 13.6. The van der Waals surface area contributed by atoms with Gasteiger partial charge in [0, 0.05) is 12.6 Å². The number of likely N-dealkylation sites (N-methyl/N-ethyl adjacent to an activating group) is 1. The van der Waals surface area contributed by atoms with Gasteiger partial charge in [0.05, 0.1) is 12.1 Å². The highest BCUT2D eigenvalue weighted by Gasteiger charge is 2.23. The molecule has 1 aromatic carbocycles. The fourth-order valence-electron chi connectivity index (χ4n) is 1.67. The molecule has 3 nitrogen and oxygen atoms in total. The average Bonchev–Trinajstić information content (AvgIpc) is 2.38. The quantitative estimate of drug-likeness (QED) is 0.897. The molecule has 0 fully saturated rings. The number of hydrogen-bond donors (Lipinski definition) is 1. The number of rotatable bonds is 4. The predicted octanol–water partition coefficient (Wildman–Crippen LogP) is 2.22. The molecule has 0 bridgehead atoms. The van der Waals surface area contributed by atoms with Crippen LogP contribution in [-0.2, 0) is 4.79 Å². The van der Waals surface area contributed by atoms with Crippen LogP contribution in [0.3, 0.4) is 0 Å². The van der Waals surface area contributed by atoms with Gasteiger partial charge in [0.2, 0.25) is 5.91 Å². The SMILES string of the molecule is CCC(N)C(=O)N(C)C(C)c1cc(F)ccc1F. The van der Waals surface area contributed by atoms with Gasteiger partial charge < -0.3 is 10.6 Å². The van der Waals surface area contributed by atoms with Gasteiger partial charge in [-0.3, -0.25) is 4.79 Å². The summed E-state index contributed by atoms with van der Waals surface area (Å²) in [6, 6.07) is 2.02. The van der Waals surface area contributed by atoms with E-state index in [1.54, 1.807) is 13.8 Å². The summed E-state index contributed by atoms with van der Waals surface area (Å²) in [4.78, 5) is 13.2. The summed E-state index contributed by atoms with van der Waals surface area (Å²) in [5, 5.41) is 0. The maximum Gasteiger partial charge on any atom is 0.239 e. The molecule has 1 amide bonds. The van der Waals surface area contributed by atoms with Gasteiger partial charge in [-0.1, -0.05) is 6.92 Å². The van der Waals surface area contributed by atoms with Crippen molar-refractivity contribution in [2.24, 2.45) is 5.73 Å². The number of carbonyl (C=O) groups excluding carboxylic acids is 1. The second kappa shape index (κ2) is 5.91. The molecule has 1 aromatic rings. The van der Waals surface area contributed by atoms with Crippen molar-refractivity contribution >= 4 is 5.91 Å². The molecule has 0 saturated heterocycles. The average molecular weight is 256 g/mol. The van der Waals surface area contributed by atoms with E-state index in [1.165, 1.54) is 11.9 Å². The van der Waals surface area contributed by atoms with Crippen LogP contribution < -0.4 is 5.73 Å². The minimum absolute atomic E-state index is 0.147. The third-order valence-electron chi connectivity index (χ3n) is 3.09. The number of carbonyl (C=O) groups is 1. The summed E-state index contributed by atoms with van der Waals surface area (Å²) in [6.45, 7) is 3.43. The van der Waals surface area contributed by atoms with Crippen LogP contribution in [0.1, 0.15) is 31.9 Å². The molecule has 0 radical (unpaired) electrons. The molecule has 2 atom stereocenters. The molecule has 100 valence electrons. The molecule has 5 heteroatoms.